The molecule has 0 aromatic heterocycles. The minimum atomic E-state index is -4.66. The average molecular weight is 726 g/mol. The third kappa shape index (κ3) is 9.82. The largest absolute Gasteiger partial charge is 0.460 e. The fourth-order valence-electron chi connectivity index (χ4n) is 7.32. The van der Waals surface area contributed by atoms with Crippen LogP contribution >= 0.6 is 0 Å². The lowest BCUT2D eigenvalue weighted by molar-refractivity contribution is -0.155. The topological polar surface area (TPSA) is 163 Å². The summed E-state index contributed by atoms with van der Waals surface area (Å²) in [6, 6.07) is -5.91. The Bertz CT molecular complexity index is 1370. The van der Waals surface area contributed by atoms with E-state index in [1.807, 2.05) is 13.8 Å². The molecule has 4 aliphatic rings. The number of nitrogens with one attached hydrogen (secondary N) is 4. The predicted octanol–water partition coefficient (Wildman–Crippen LogP) is 3.64. The van der Waals surface area contributed by atoms with E-state index >= 15 is 0 Å². The summed E-state index contributed by atoms with van der Waals surface area (Å²) in [5, 5.41) is 10.0. The van der Waals surface area contributed by atoms with Crippen LogP contribution in [0, 0.1) is 40.4 Å². The molecule has 1 aliphatic heterocycles. The number of carbonyl (C=O) groups excluding carboxylic acids is 6. The van der Waals surface area contributed by atoms with Gasteiger partial charge in [-0.15, -0.1) is 6.58 Å². The zero-order chi connectivity index (χ0) is 38.2. The highest BCUT2D eigenvalue weighted by Gasteiger charge is 2.70. The van der Waals surface area contributed by atoms with Gasteiger partial charge in [-0.2, -0.15) is 13.2 Å². The van der Waals surface area contributed by atoms with Crippen molar-refractivity contribution in [1.29, 1.82) is 0 Å². The molecule has 4 N–H and O–H groups in total. The minimum absolute atomic E-state index is 0.108. The van der Waals surface area contributed by atoms with E-state index in [9.17, 15) is 41.9 Å². The first kappa shape index (κ1) is 40.1. The first-order valence-electron chi connectivity index (χ1n) is 18.0. The average Bonchev–Trinajstić information content (AvgIpc) is 3.97. The number of amides is 5. The standard InChI is InChI=1S/C36H54F3N5O7/c1-9-16-40-30(47)26(45)22(14-15-36(37,38)39)41-29(46)25-23-21(35(23,7)8)17-44(25)31(48)28(34(4,5)6)43-33(50)42-24(18(2)3)32(49)51-27(19-10-11-19)20-12-13-20/h9,18-25,27-28H,1,10-17H2,2-8H3,(H,40,47)(H,41,46)(H2,42,43,50)/t21-,22?,23-,24-,25-,28+/m0/s1. The predicted molar refractivity (Wildman–Crippen MR) is 181 cm³/mol. The van der Waals surface area contributed by atoms with Gasteiger partial charge in [0.25, 0.3) is 5.91 Å². The van der Waals surface area contributed by atoms with Crippen LogP contribution in [0.2, 0.25) is 0 Å². The van der Waals surface area contributed by atoms with E-state index in [0.717, 1.165) is 25.7 Å². The van der Waals surface area contributed by atoms with Gasteiger partial charge in [0.15, 0.2) is 0 Å². The number of nitrogens with zero attached hydrogens (tertiary/aromatic N) is 1. The van der Waals surface area contributed by atoms with Gasteiger partial charge in [0.2, 0.25) is 17.6 Å². The van der Waals surface area contributed by atoms with Crippen LogP contribution < -0.4 is 21.3 Å². The van der Waals surface area contributed by atoms with Crippen molar-refractivity contribution < 1.29 is 46.7 Å². The number of rotatable bonds is 16. The highest BCUT2D eigenvalue weighted by molar-refractivity contribution is 6.38. The number of piperidine rings is 1. The van der Waals surface area contributed by atoms with Crippen molar-refractivity contribution in [2.24, 2.45) is 40.4 Å². The quantitative estimate of drug-likeness (QED) is 0.107. The van der Waals surface area contributed by atoms with Gasteiger partial charge in [0.1, 0.15) is 24.2 Å². The number of carbonyl (C=O) groups is 6. The summed E-state index contributed by atoms with van der Waals surface area (Å²) in [5.41, 5.74) is -1.28. The van der Waals surface area contributed by atoms with E-state index in [4.69, 9.17) is 4.74 Å². The number of ketones is 1. The van der Waals surface area contributed by atoms with Crippen molar-refractivity contribution in [1.82, 2.24) is 26.2 Å². The summed E-state index contributed by atoms with van der Waals surface area (Å²) in [6.45, 7) is 16.0. The summed E-state index contributed by atoms with van der Waals surface area (Å²) >= 11 is 0. The highest BCUT2D eigenvalue weighted by Crippen LogP contribution is 2.65. The summed E-state index contributed by atoms with van der Waals surface area (Å²) in [6.07, 6.45) is -1.80. The van der Waals surface area contributed by atoms with Gasteiger partial charge in [-0.25, -0.2) is 9.59 Å². The van der Waals surface area contributed by atoms with Crippen molar-refractivity contribution >= 4 is 35.5 Å². The Morgan fingerprint density at radius 3 is 2.04 bits per heavy atom. The SMILES string of the molecule is C=CCNC(=O)C(=O)C(CCC(F)(F)F)NC(=O)[C@@H]1[C@@H]2[C@H](CN1C(=O)[C@@H](NC(=O)N[C@H](C(=O)OC(C1CC1)C1CC1)C(C)C)C(C)(C)C)C2(C)C. The number of esters is 1. The number of likely N-dealkylation sites (tertiary alicyclic amines) is 1. The van der Waals surface area contributed by atoms with Gasteiger partial charge in [0.05, 0.1) is 6.04 Å². The van der Waals surface area contributed by atoms with Gasteiger partial charge >= 0.3 is 18.2 Å². The van der Waals surface area contributed by atoms with Crippen molar-refractivity contribution in [3.8, 4) is 0 Å². The molecule has 6 atom stereocenters. The van der Waals surface area contributed by atoms with E-state index < -0.39 is 89.5 Å². The van der Waals surface area contributed by atoms with Crippen LogP contribution in [0.15, 0.2) is 12.7 Å². The fourth-order valence-corrected chi connectivity index (χ4v) is 7.32. The van der Waals surface area contributed by atoms with Gasteiger partial charge in [0, 0.05) is 19.5 Å². The molecule has 5 amide bonds. The van der Waals surface area contributed by atoms with E-state index in [2.05, 4.69) is 27.8 Å². The molecular formula is C36H54F3N5O7. The van der Waals surface area contributed by atoms with Gasteiger partial charge in [-0.05, 0) is 72.5 Å². The fraction of sp³-hybridized carbons (Fsp3) is 0.778. The Kier molecular flexibility index (Phi) is 11.9. The number of alkyl halides is 3. The number of fused-ring (bicyclic) bond motifs is 1. The van der Waals surface area contributed by atoms with Crippen LogP contribution in [0.5, 0.6) is 0 Å². The molecule has 1 unspecified atom stereocenters. The first-order chi connectivity index (χ1) is 23.6. The number of urea groups is 1. The summed E-state index contributed by atoms with van der Waals surface area (Å²) in [7, 11) is 0. The van der Waals surface area contributed by atoms with E-state index in [0.29, 0.717) is 11.8 Å². The lowest BCUT2D eigenvalue weighted by atomic mass is 9.85. The van der Waals surface area contributed by atoms with Gasteiger partial charge in [-0.3, -0.25) is 19.2 Å². The van der Waals surface area contributed by atoms with E-state index in [-0.39, 0.29) is 36.9 Å². The zero-order valence-corrected chi connectivity index (χ0v) is 30.7. The normalized spacial score (nSPS) is 24.2. The molecule has 4 rings (SSSR count). The summed E-state index contributed by atoms with van der Waals surface area (Å²) in [4.78, 5) is 81.6. The minimum Gasteiger partial charge on any atom is -0.460 e. The Balaban J connectivity index is 1.50. The number of hydrogen-bond donors (Lipinski definition) is 4. The van der Waals surface area contributed by atoms with Crippen LogP contribution in [0.4, 0.5) is 18.0 Å². The maximum Gasteiger partial charge on any atom is 0.389 e. The Labute approximate surface area is 297 Å². The van der Waals surface area contributed by atoms with Gasteiger partial charge in [-0.1, -0.05) is 54.5 Å². The molecule has 0 spiro atoms. The maximum atomic E-state index is 14.3. The van der Waals surface area contributed by atoms with Crippen molar-refractivity contribution in [2.45, 2.75) is 123 Å². The molecule has 0 aromatic carbocycles. The molecule has 0 aromatic rings. The number of hydrogen-bond acceptors (Lipinski definition) is 7. The molecule has 0 bridgehead atoms. The molecule has 15 heteroatoms. The molecule has 3 saturated carbocycles. The number of halogens is 3. The second-order valence-corrected chi connectivity index (χ2v) is 16.7. The van der Waals surface area contributed by atoms with E-state index in [1.54, 1.807) is 34.6 Å². The molecule has 0 radical (unpaired) electrons. The molecule has 51 heavy (non-hydrogen) atoms. The Morgan fingerprint density at radius 2 is 1.55 bits per heavy atom. The summed E-state index contributed by atoms with van der Waals surface area (Å²) in [5.74, 6) is -4.55. The molecule has 3 aliphatic carbocycles. The summed E-state index contributed by atoms with van der Waals surface area (Å²) < 4.78 is 45.5. The maximum absolute atomic E-state index is 14.3. The molecular weight excluding hydrogens is 671 g/mol. The monoisotopic (exact) mass is 725 g/mol. The second-order valence-electron chi connectivity index (χ2n) is 16.7. The third-order valence-electron chi connectivity index (χ3n) is 10.8. The first-order valence-corrected chi connectivity index (χ1v) is 18.0. The molecule has 12 nitrogen and oxygen atoms in total. The lowest BCUT2D eigenvalue weighted by Crippen LogP contribution is -2.62. The smallest absolute Gasteiger partial charge is 0.389 e. The van der Waals surface area contributed by atoms with Crippen molar-refractivity contribution in [3.05, 3.63) is 12.7 Å². The van der Waals surface area contributed by atoms with Crippen molar-refractivity contribution in [2.75, 3.05) is 13.1 Å². The molecule has 1 heterocycles. The Hall–Kier alpha value is -3.65. The van der Waals surface area contributed by atoms with Crippen LogP contribution in [-0.4, -0.2) is 89.9 Å². The molecule has 286 valence electrons. The third-order valence-corrected chi connectivity index (χ3v) is 10.8. The zero-order valence-electron chi connectivity index (χ0n) is 30.7. The number of ether oxygens (including phenoxy) is 1. The Morgan fingerprint density at radius 1 is 0.961 bits per heavy atom. The highest BCUT2D eigenvalue weighted by atomic mass is 19.4. The van der Waals surface area contributed by atoms with Crippen LogP contribution in [-0.2, 0) is 28.7 Å². The van der Waals surface area contributed by atoms with E-state index in [1.165, 1.54) is 11.0 Å². The van der Waals surface area contributed by atoms with Crippen LogP contribution in [0.1, 0.15) is 87.0 Å². The van der Waals surface area contributed by atoms with Crippen molar-refractivity contribution in [3.63, 3.8) is 0 Å². The van der Waals surface area contributed by atoms with Crippen LogP contribution in [0.25, 0.3) is 0 Å². The lowest BCUT2D eigenvalue weighted by Gasteiger charge is -2.38. The second kappa shape index (κ2) is 15.1. The van der Waals surface area contributed by atoms with Crippen LogP contribution in [0.3, 0.4) is 0 Å². The molecule has 1 saturated heterocycles. The molecule has 4 fully saturated rings. The number of Topliss-reactive ketones (excluding diaryl/α,β-unsaturated/α-hetero) is 1. The van der Waals surface area contributed by atoms with Gasteiger partial charge < -0.3 is 30.9 Å².